The second-order valence-electron chi connectivity index (χ2n) is 13.3. The van der Waals surface area contributed by atoms with Crippen LogP contribution in [0.5, 0.6) is 0 Å². The number of nitrogens with zero attached hydrogens (tertiary/aromatic N) is 2. The lowest BCUT2D eigenvalue weighted by molar-refractivity contribution is 0.641. The van der Waals surface area contributed by atoms with Gasteiger partial charge < -0.3 is 9.80 Å². The number of rotatable bonds is 4. The first-order valence-electron chi connectivity index (χ1n) is 16.0. The number of anilines is 6. The molecule has 0 atom stereocenters. The molecule has 0 spiro atoms. The number of hydrogen-bond acceptors (Lipinski definition) is 2. The minimum absolute atomic E-state index is 0.128. The first-order valence-corrected chi connectivity index (χ1v) is 16.0. The van der Waals surface area contributed by atoms with Gasteiger partial charge in [-0.15, -0.1) is 0 Å². The number of para-hydroxylation sites is 2. The molecule has 0 N–H and O–H groups in total. The van der Waals surface area contributed by atoms with Gasteiger partial charge >= 0.3 is 0 Å². The van der Waals surface area contributed by atoms with Crippen LogP contribution in [-0.4, -0.2) is 6.71 Å². The van der Waals surface area contributed by atoms with Crippen molar-refractivity contribution >= 4 is 57.2 Å². The Bertz CT molecular complexity index is 2020. The van der Waals surface area contributed by atoms with E-state index >= 15 is 0 Å². The third-order valence-electron chi connectivity index (χ3n) is 9.92. The number of hydrogen-bond donors (Lipinski definition) is 0. The fraction of sp³-hybridized carbons (Fsp3) is 0.143. The molecule has 0 amide bonds. The van der Waals surface area contributed by atoms with E-state index in [1.54, 1.807) is 0 Å². The van der Waals surface area contributed by atoms with Crippen LogP contribution in [0.4, 0.5) is 34.1 Å². The summed E-state index contributed by atoms with van der Waals surface area (Å²) in [6.07, 6.45) is 0. The highest BCUT2D eigenvalue weighted by Gasteiger charge is 2.46. The van der Waals surface area contributed by atoms with E-state index in [0.717, 1.165) is 11.4 Å². The Kier molecular flexibility index (Phi) is 6.29. The topological polar surface area (TPSA) is 6.48 Å². The van der Waals surface area contributed by atoms with E-state index in [0.29, 0.717) is 0 Å². The molecule has 8 rings (SSSR count). The average molecular weight is 581 g/mol. The molecule has 0 radical (unpaired) electrons. The summed E-state index contributed by atoms with van der Waals surface area (Å²) < 4.78 is 0. The Morgan fingerprint density at radius 2 is 1.18 bits per heavy atom. The Labute approximate surface area is 267 Å². The zero-order valence-electron chi connectivity index (χ0n) is 26.7. The summed E-state index contributed by atoms with van der Waals surface area (Å²) in [6.45, 7) is 11.6. The molecule has 6 aromatic rings. The zero-order chi connectivity index (χ0) is 30.9. The van der Waals surface area contributed by atoms with Gasteiger partial charge in [-0.1, -0.05) is 103 Å². The summed E-state index contributed by atoms with van der Waals surface area (Å²) in [6, 6.07) is 49.4. The molecule has 0 unspecified atom stereocenters. The number of aryl methyl sites for hydroxylation is 3. The fourth-order valence-corrected chi connectivity index (χ4v) is 7.96. The smallest absolute Gasteiger partial charge is 0.247 e. The Morgan fingerprint density at radius 1 is 0.556 bits per heavy atom. The van der Waals surface area contributed by atoms with E-state index < -0.39 is 0 Å². The van der Waals surface area contributed by atoms with Gasteiger partial charge in [-0.3, -0.25) is 0 Å². The largest absolute Gasteiger partial charge is 0.312 e. The van der Waals surface area contributed by atoms with Gasteiger partial charge in [-0.2, -0.15) is 0 Å². The highest BCUT2D eigenvalue weighted by molar-refractivity contribution is 6.99. The molecule has 2 aliphatic heterocycles. The Hall–Kier alpha value is -5.02. The molecule has 2 aliphatic rings. The zero-order valence-corrected chi connectivity index (χ0v) is 26.7. The molecule has 0 aliphatic carbocycles. The summed E-state index contributed by atoms with van der Waals surface area (Å²) in [4.78, 5) is 4.88. The van der Waals surface area contributed by atoms with Crippen molar-refractivity contribution in [2.24, 2.45) is 0 Å². The minimum Gasteiger partial charge on any atom is -0.312 e. The average Bonchev–Trinajstić information content (AvgIpc) is 3.05. The first kappa shape index (κ1) is 27.5. The van der Waals surface area contributed by atoms with Crippen LogP contribution in [0.15, 0.2) is 133 Å². The van der Waals surface area contributed by atoms with Crippen LogP contribution >= 0.6 is 0 Å². The highest BCUT2D eigenvalue weighted by atomic mass is 15.2. The van der Waals surface area contributed by atoms with Gasteiger partial charge in [0.2, 0.25) is 6.71 Å². The first-order chi connectivity index (χ1) is 21.8. The molecule has 3 heteroatoms. The molecule has 0 aromatic heterocycles. The molecular weight excluding hydrogens is 543 g/mol. The van der Waals surface area contributed by atoms with E-state index in [9.17, 15) is 0 Å². The summed E-state index contributed by atoms with van der Waals surface area (Å²) in [5, 5.41) is 0. The Morgan fingerprint density at radius 3 is 1.84 bits per heavy atom. The van der Waals surface area contributed by atoms with Crippen LogP contribution in [0.25, 0.3) is 0 Å². The SMILES string of the molecule is Cc1ccc(N2c3ccc(C)cc3B3c4cc(N(c5ccccc5)c5ccccc5)ccc4C(C)(C)c4c(C)ccc2c43)cc1. The van der Waals surface area contributed by atoms with Crippen molar-refractivity contribution in [1.82, 2.24) is 0 Å². The van der Waals surface area contributed by atoms with Crippen LogP contribution in [-0.2, 0) is 5.41 Å². The van der Waals surface area contributed by atoms with Crippen LogP contribution < -0.4 is 26.2 Å². The molecule has 218 valence electrons. The third-order valence-corrected chi connectivity index (χ3v) is 9.92. The monoisotopic (exact) mass is 580 g/mol. The highest BCUT2D eigenvalue weighted by Crippen LogP contribution is 2.44. The maximum absolute atomic E-state index is 2.49. The standard InChI is InChI=1S/C42H37BN2/c1-28-16-20-33(21-17-28)45-38-24-18-29(2)26-37(38)43-36-27-34(44(31-12-8-6-9-13-31)32-14-10-7-11-15-32)22-23-35(36)42(4,5)40-30(3)19-25-39(45)41(40)43/h6-27H,1-5H3. The lowest BCUT2D eigenvalue weighted by atomic mass is 9.30. The van der Waals surface area contributed by atoms with Gasteiger partial charge in [-0.05, 0) is 109 Å². The second-order valence-corrected chi connectivity index (χ2v) is 13.3. The van der Waals surface area contributed by atoms with E-state index in [-0.39, 0.29) is 12.1 Å². The van der Waals surface area contributed by atoms with Crippen LogP contribution in [0.2, 0.25) is 0 Å². The molecular formula is C42H37BN2. The molecule has 2 nitrogen and oxygen atoms in total. The lowest BCUT2D eigenvalue weighted by Gasteiger charge is -2.46. The van der Waals surface area contributed by atoms with E-state index in [4.69, 9.17) is 0 Å². The predicted octanol–water partition coefficient (Wildman–Crippen LogP) is 9.02. The normalized spacial score (nSPS) is 14.0. The molecule has 45 heavy (non-hydrogen) atoms. The molecule has 0 bridgehead atoms. The van der Waals surface area contributed by atoms with Gasteiger partial charge in [0.05, 0.1) is 0 Å². The van der Waals surface area contributed by atoms with Crippen LogP contribution in [0.1, 0.15) is 41.7 Å². The maximum atomic E-state index is 2.49. The van der Waals surface area contributed by atoms with Crippen molar-refractivity contribution in [1.29, 1.82) is 0 Å². The quantitative estimate of drug-likeness (QED) is 0.192. The van der Waals surface area contributed by atoms with Crippen LogP contribution in [0.3, 0.4) is 0 Å². The third kappa shape index (κ3) is 4.25. The van der Waals surface area contributed by atoms with Crippen molar-refractivity contribution < 1.29 is 0 Å². The van der Waals surface area contributed by atoms with Crippen molar-refractivity contribution in [2.75, 3.05) is 9.80 Å². The number of benzene rings is 6. The van der Waals surface area contributed by atoms with Crippen molar-refractivity contribution in [3.05, 3.63) is 161 Å². The lowest BCUT2D eigenvalue weighted by Crippen LogP contribution is -2.64. The summed E-state index contributed by atoms with van der Waals surface area (Å²) in [5.41, 5.74) is 18.0. The number of fused-ring (bicyclic) bond motifs is 4. The van der Waals surface area contributed by atoms with Crippen LogP contribution in [0, 0.1) is 20.8 Å². The second kappa shape index (κ2) is 10.3. The summed E-state index contributed by atoms with van der Waals surface area (Å²) >= 11 is 0. The Balaban J connectivity index is 1.42. The summed E-state index contributed by atoms with van der Waals surface area (Å²) in [5.74, 6) is 0. The van der Waals surface area contributed by atoms with E-state index in [1.807, 2.05) is 0 Å². The molecule has 0 saturated carbocycles. The molecule has 0 fully saturated rings. The van der Waals surface area contributed by atoms with E-state index in [2.05, 4.69) is 178 Å². The van der Waals surface area contributed by atoms with E-state index in [1.165, 1.54) is 67.0 Å². The van der Waals surface area contributed by atoms with Crippen molar-refractivity contribution in [3.63, 3.8) is 0 Å². The van der Waals surface area contributed by atoms with Gasteiger partial charge in [0.25, 0.3) is 0 Å². The fourth-order valence-electron chi connectivity index (χ4n) is 7.96. The molecule has 6 aromatic carbocycles. The van der Waals surface area contributed by atoms with Crippen molar-refractivity contribution in [2.45, 2.75) is 40.0 Å². The van der Waals surface area contributed by atoms with Gasteiger partial charge in [0.15, 0.2) is 0 Å². The van der Waals surface area contributed by atoms with Gasteiger partial charge in [-0.25, -0.2) is 0 Å². The molecule has 2 heterocycles. The van der Waals surface area contributed by atoms with Gasteiger partial charge in [0.1, 0.15) is 0 Å². The minimum atomic E-state index is -0.162. The predicted molar refractivity (Wildman–Crippen MR) is 193 cm³/mol. The van der Waals surface area contributed by atoms with Crippen molar-refractivity contribution in [3.8, 4) is 0 Å². The summed E-state index contributed by atoms with van der Waals surface area (Å²) in [7, 11) is 0. The van der Waals surface area contributed by atoms with Gasteiger partial charge in [0, 0.05) is 39.5 Å². The molecule has 0 saturated heterocycles. The maximum Gasteiger partial charge on any atom is 0.247 e.